The van der Waals surface area contributed by atoms with Crippen LogP contribution in [0.1, 0.15) is 29.9 Å². The summed E-state index contributed by atoms with van der Waals surface area (Å²) >= 11 is 12.3. The van der Waals surface area contributed by atoms with Gasteiger partial charge in [0, 0.05) is 49.8 Å². The zero-order valence-corrected chi connectivity index (χ0v) is 20.9. The molecule has 0 radical (unpaired) electrons. The fourth-order valence-corrected chi connectivity index (χ4v) is 5.20. The first-order valence-electron chi connectivity index (χ1n) is 11.7. The van der Waals surface area contributed by atoms with Crippen molar-refractivity contribution in [1.29, 1.82) is 0 Å². The van der Waals surface area contributed by atoms with Crippen molar-refractivity contribution in [2.75, 3.05) is 44.6 Å². The first-order valence-corrected chi connectivity index (χ1v) is 12.4. The van der Waals surface area contributed by atoms with Gasteiger partial charge < -0.3 is 15.0 Å². The van der Waals surface area contributed by atoms with Gasteiger partial charge in [0.05, 0.1) is 22.2 Å². The lowest BCUT2D eigenvalue weighted by molar-refractivity contribution is -0.138. The fraction of sp³-hybridized carbons (Fsp3) is 0.500. The number of likely N-dealkylation sites (tertiary alicyclic amines) is 2. The van der Waals surface area contributed by atoms with Gasteiger partial charge in [-0.1, -0.05) is 29.3 Å². The molecule has 194 valence electrons. The van der Waals surface area contributed by atoms with Crippen molar-refractivity contribution in [1.82, 2.24) is 19.8 Å². The molecule has 0 bridgehead atoms. The van der Waals surface area contributed by atoms with E-state index in [1.807, 2.05) is 15.9 Å². The first-order chi connectivity index (χ1) is 17.2. The molecule has 7 nitrogen and oxygen atoms in total. The third kappa shape index (κ3) is 6.27. The molecule has 0 spiro atoms. The Hall–Kier alpha value is -2.43. The van der Waals surface area contributed by atoms with Crippen molar-refractivity contribution in [3.8, 4) is 0 Å². The number of carbonyl (C=O) groups excluding carboxylic acids is 2. The zero-order valence-electron chi connectivity index (χ0n) is 19.3. The van der Waals surface area contributed by atoms with E-state index in [1.165, 1.54) is 0 Å². The SMILES string of the molecule is O=CCN1CCC(C(=O)N2CC(CNc3ncc(C(F)(F)F)cn3)C(c3ccc(Cl)c(Cl)c3)C2)CC1. The lowest BCUT2D eigenvalue weighted by Gasteiger charge is -2.32. The number of nitrogens with zero attached hydrogens (tertiary/aromatic N) is 4. The molecule has 0 aliphatic carbocycles. The number of halogens is 5. The van der Waals surface area contributed by atoms with Gasteiger partial charge >= 0.3 is 6.18 Å². The number of aldehydes is 1. The summed E-state index contributed by atoms with van der Waals surface area (Å²) in [5.74, 6) is -0.0392. The molecule has 0 saturated carbocycles. The van der Waals surface area contributed by atoms with E-state index in [0.29, 0.717) is 62.2 Å². The zero-order chi connectivity index (χ0) is 25.9. The summed E-state index contributed by atoms with van der Waals surface area (Å²) in [6.45, 7) is 3.12. The van der Waals surface area contributed by atoms with Crippen molar-refractivity contribution < 1.29 is 22.8 Å². The second-order valence-corrected chi connectivity index (χ2v) is 10.0. The quantitative estimate of drug-likeness (QED) is 0.522. The van der Waals surface area contributed by atoms with Crippen LogP contribution < -0.4 is 5.32 Å². The smallest absolute Gasteiger partial charge is 0.354 e. The Bertz CT molecular complexity index is 1080. The van der Waals surface area contributed by atoms with E-state index in [0.717, 1.165) is 24.2 Å². The molecule has 1 aromatic carbocycles. The normalized spacial score (nSPS) is 21.5. The minimum atomic E-state index is -4.51. The summed E-state index contributed by atoms with van der Waals surface area (Å²) < 4.78 is 38.4. The van der Waals surface area contributed by atoms with Gasteiger partial charge in [-0.15, -0.1) is 0 Å². The van der Waals surface area contributed by atoms with Crippen LogP contribution in [0.4, 0.5) is 19.1 Å². The van der Waals surface area contributed by atoms with Gasteiger partial charge in [-0.2, -0.15) is 13.2 Å². The maximum atomic E-state index is 13.4. The molecular formula is C24H26Cl2F3N5O2. The number of nitrogens with one attached hydrogen (secondary N) is 1. The van der Waals surface area contributed by atoms with Crippen LogP contribution in [0.3, 0.4) is 0 Å². The Kier molecular flexibility index (Phi) is 8.37. The Morgan fingerprint density at radius 2 is 1.81 bits per heavy atom. The molecule has 2 aliphatic heterocycles. The molecule has 12 heteroatoms. The van der Waals surface area contributed by atoms with Gasteiger partial charge in [0.1, 0.15) is 6.29 Å². The summed E-state index contributed by atoms with van der Waals surface area (Å²) in [5.41, 5.74) is 0.0131. The summed E-state index contributed by atoms with van der Waals surface area (Å²) in [7, 11) is 0. The first kappa shape index (κ1) is 26.6. The molecule has 2 aliphatic rings. The predicted molar refractivity (Wildman–Crippen MR) is 130 cm³/mol. The molecule has 2 unspecified atom stereocenters. The molecule has 4 rings (SSSR count). The molecule has 2 saturated heterocycles. The number of amides is 1. The van der Waals surface area contributed by atoms with E-state index in [9.17, 15) is 22.8 Å². The van der Waals surface area contributed by atoms with Gasteiger partial charge in [0.15, 0.2) is 0 Å². The highest BCUT2D eigenvalue weighted by atomic mass is 35.5. The van der Waals surface area contributed by atoms with Crippen molar-refractivity contribution in [2.45, 2.75) is 24.9 Å². The van der Waals surface area contributed by atoms with E-state index in [4.69, 9.17) is 23.2 Å². The monoisotopic (exact) mass is 543 g/mol. The highest BCUT2D eigenvalue weighted by molar-refractivity contribution is 6.42. The Labute approximate surface area is 217 Å². The van der Waals surface area contributed by atoms with Gasteiger partial charge in [-0.25, -0.2) is 9.97 Å². The average Bonchev–Trinajstić information content (AvgIpc) is 3.29. The molecule has 36 heavy (non-hydrogen) atoms. The van der Waals surface area contributed by atoms with Crippen LogP contribution in [0.5, 0.6) is 0 Å². The number of anilines is 1. The number of rotatable bonds is 7. The largest absolute Gasteiger partial charge is 0.419 e. The topological polar surface area (TPSA) is 78.4 Å². The summed E-state index contributed by atoms with van der Waals surface area (Å²) in [4.78, 5) is 35.6. The van der Waals surface area contributed by atoms with E-state index in [-0.39, 0.29) is 29.6 Å². The number of hydrogen-bond donors (Lipinski definition) is 1. The van der Waals surface area contributed by atoms with E-state index >= 15 is 0 Å². The van der Waals surface area contributed by atoms with Gasteiger partial charge in [-0.05, 0) is 43.6 Å². The minimum absolute atomic E-state index is 0.0489. The summed E-state index contributed by atoms with van der Waals surface area (Å²) in [6.07, 6.45) is -0.748. The molecule has 1 N–H and O–H groups in total. The van der Waals surface area contributed by atoms with Crippen LogP contribution in [0, 0.1) is 11.8 Å². The second-order valence-electron chi connectivity index (χ2n) is 9.20. The third-order valence-electron chi connectivity index (χ3n) is 6.90. The van der Waals surface area contributed by atoms with Crippen LogP contribution in [-0.4, -0.2) is 71.2 Å². The molecular weight excluding hydrogens is 518 g/mol. The number of benzene rings is 1. The molecule has 1 amide bonds. The molecule has 2 fully saturated rings. The Morgan fingerprint density at radius 1 is 1.11 bits per heavy atom. The van der Waals surface area contributed by atoms with Gasteiger partial charge in [0.25, 0.3) is 0 Å². The van der Waals surface area contributed by atoms with Crippen molar-refractivity contribution in [3.05, 3.63) is 51.8 Å². The van der Waals surface area contributed by atoms with Crippen LogP contribution >= 0.6 is 23.2 Å². The standard InChI is InChI=1S/C24H26Cl2F3N5O2/c25-20-2-1-16(9-21(20)26)19-14-34(22(36)15-3-5-33(6-4-15)7-8-35)13-17(19)10-30-23-31-11-18(12-32-23)24(27,28)29/h1-2,8-9,11-12,15,17,19H,3-7,10,13-14H2,(H,30,31,32). The second kappa shape index (κ2) is 11.3. The molecule has 1 aromatic heterocycles. The van der Waals surface area contributed by atoms with Crippen LogP contribution in [0.25, 0.3) is 0 Å². The minimum Gasteiger partial charge on any atom is -0.354 e. The lowest BCUT2D eigenvalue weighted by Crippen LogP contribution is -2.42. The van der Waals surface area contributed by atoms with Crippen LogP contribution in [0.15, 0.2) is 30.6 Å². The Morgan fingerprint density at radius 3 is 2.42 bits per heavy atom. The van der Waals surface area contributed by atoms with E-state index in [1.54, 1.807) is 12.1 Å². The average molecular weight is 544 g/mol. The maximum Gasteiger partial charge on any atom is 0.419 e. The molecule has 3 heterocycles. The number of alkyl halides is 3. The number of piperidine rings is 1. The lowest BCUT2D eigenvalue weighted by atomic mass is 9.89. The van der Waals surface area contributed by atoms with Crippen molar-refractivity contribution in [2.24, 2.45) is 11.8 Å². The Balaban J connectivity index is 1.46. The van der Waals surface area contributed by atoms with Gasteiger partial charge in [-0.3, -0.25) is 9.69 Å². The van der Waals surface area contributed by atoms with Crippen LogP contribution in [-0.2, 0) is 15.8 Å². The van der Waals surface area contributed by atoms with E-state index < -0.39 is 11.7 Å². The van der Waals surface area contributed by atoms with Gasteiger partial charge in [0.2, 0.25) is 11.9 Å². The maximum absolute atomic E-state index is 13.4. The highest BCUT2D eigenvalue weighted by Crippen LogP contribution is 2.37. The third-order valence-corrected chi connectivity index (χ3v) is 7.63. The number of carbonyl (C=O) groups is 2. The molecule has 2 atom stereocenters. The van der Waals surface area contributed by atoms with Crippen molar-refractivity contribution >= 4 is 41.3 Å². The predicted octanol–water partition coefficient (Wildman–Crippen LogP) is 4.37. The number of aromatic nitrogens is 2. The highest BCUT2D eigenvalue weighted by Gasteiger charge is 2.39. The van der Waals surface area contributed by atoms with E-state index in [2.05, 4.69) is 15.3 Å². The fourth-order valence-electron chi connectivity index (χ4n) is 4.89. The van der Waals surface area contributed by atoms with Crippen LogP contribution in [0.2, 0.25) is 10.0 Å². The summed E-state index contributed by atoms with van der Waals surface area (Å²) in [5, 5.41) is 3.87. The molecule has 2 aromatic rings. The summed E-state index contributed by atoms with van der Waals surface area (Å²) in [6, 6.07) is 5.39. The number of hydrogen-bond acceptors (Lipinski definition) is 6. The van der Waals surface area contributed by atoms with Crippen molar-refractivity contribution in [3.63, 3.8) is 0 Å².